The molecular weight excluding hydrogens is 774 g/mol. The number of piperidine rings is 1. The Morgan fingerprint density at radius 1 is 1.18 bits per heavy atom. The fourth-order valence-corrected chi connectivity index (χ4v) is 1.68. The van der Waals surface area contributed by atoms with Crippen LogP contribution in [0.5, 0.6) is 0 Å². The molecule has 2 aliphatic rings. The standard InChI is InChI=1S/C10H14N2.4HI.Sn/c1-3-7-11-9(5-1)10-6-2-4-8-12-10;;;;;/h1,3,5,10H,2,4,6-8H2;4*1H;/q-2;;;;;+4/p-4. The molecule has 2 rings (SSSR count). The van der Waals surface area contributed by atoms with Gasteiger partial charge >= 0.3 is 77.0 Å². The Hall–Kier alpha value is 2.96. The van der Waals surface area contributed by atoms with Crippen LogP contribution in [-0.4, -0.2) is 21.6 Å². The first-order chi connectivity index (χ1) is 7.97. The zero-order valence-electron chi connectivity index (χ0n) is 9.25. The Kier molecular flexibility index (Phi) is 10.4. The van der Waals surface area contributed by atoms with Crippen molar-refractivity contribution >= 4 is 77.0 Å². The van der Waals surface area contributed by atoms with E-state index in [1.165, 1.54) is 25.0 Å². The number of hydrogen-bond acceptors (Lipinski definition) is 0. The predicted octanol–water partition coefficient (Wildman–Crippen LogP) is 5.90. The van der Waals surface area contributed by atoms with Crippen molar-refractivity contribution in [3.05, 3.63) is 34.6 Å². The molecule has 0 aliphatic carbocycles. The molecule has 0 saturated carbocycles. The van der Waals surface area contributed by atoms with Gasteiger partial charge in [0.05, 0.1) is 0 Å². The van der Waals surface area contributed by atoms with E-state index in [2.05, 4.69) is 103 Å². The van der Waals surface area contributed by atoms with E-state index in [-0.39, 0.29) is 0 Å². The first kappa shape index (κ1) is 18.0. The van der Waals surface area contributed by atoms with Crippen LogP contribution in [0.4, 0.5) is 0 Å². The Bertz CT molecular complexity index is 277. The first-order valence-corrected chi connectivity index (χ1v) is 38.7. The van der Waals surface area contributed by atoms with Gasteiger partial charge in [0, 0.05) is 0 Å². The Morgan fingerprint density at radius 3 is 2.35 bits per heavy atom. The van der Waals surface area contributed by atoms with Gasteiger partial charge in [-0.25, -0.2) is 0 Å². The van der Waals surface area contributed by atoms with Gasteiger partial charge in [0.1, 0.15) is 0 Å². The van der Waals surface area contributed by atoms with Gasteiger partial charge in [-0.1, -0.05) is 31.4 Å². The number of allylic oxidation sites excluding steroid dienone is 2. The van der Waals surface area contributed by atoms with Gasteiger partial charge in [0.25, 0.3) is 0 Å². The van der Waals surface area contributed by atoms with Gasteiger partial charge in [-0.2, -0.15) is 5.70 Å². The van der Waals surface area contributed by atoms with Crippen LogP contribution in [0.3, 0.4) is 0 Å². The third-order valence-electron chi connectivity index (χ3n) is 2.36. The third-order valence-corrected chi connectivity index (χ3v) is 2.36. The molecule has 0 aromatic heterocycles. The van der Waals surface area contributed by atoms with Gasteiger partial charge in [-0.3, -0.25) is 0 Å². The van der Waals surface area contributed by atoms with Crippen molar-refractivity contribution in [3.8, 4) is 0 Å². The minimum atomic E-state index is -1.30. The van der Waals surface area contributed by atoms with Gasteiger partial charge < -0.3 is 10.6 Å². The molecule has 0 aromatic carbocycles. The average molecular weight is 789 g/mol. The Balaban J connectivity index is 0.000000249. The van der Waals surface area contributed by atoms with Gasteiger partial charge in [0.2, 0.25) is 0 Å². The molecule has 2 nitrogen and oxygen atoms in total. The van der Waals surface area contributed by atoms with E-state index >= 15 is 0 Å². The summed E-state index contributed by atoms with van der Waals surface area (Å²) in [5, 5.41) is 8.99. The molecule has 1 fully saturated rings. The summed E-state index contributed by atoms with van der Waals surface area (Å²) < 4.78 is -1.30. The second kappa shape index (κ2) is 9.82. The van der Waals surface area contributed by atoms with Crippen LogP contribution in [0.1, 0.15) is 19.3 Å². The molecule has 0 bridgehead atoms. The number of halogens is 4. The summed E-state index contributed by atoms with van der Waals surface area (Å²) in [5.74, 6) is 0. The second-order valence-electron chi connectivity index (χ2n) is 3.71. The molecule has 2 heterocycles. The van der Waals surface area contributed by atoms with E-state index in [1.54, 1.807) is 0 Å². The van der Waals surface area contributed by atoms with E-state index in [9.17, 15) is 0 Å². The van der Waals surface area contributed by atoms with Crippen molar-refractivity contribution in [1.82, 2.24) is 0 Å². The molecule has 1 atom stereocenters. The number of nitrogens with zero attached hydrogens (tertiary/aromatic N) is 2. The summed E-state index contributed by atoms with van der Waals surface area (Å²) in [6.45, 7) is 1.87. The molecule has 1 saturated heterocycles. The molecular formula is C10H14I4N2Sn-2. The maximum absolute atomic E-state index is 4.56. The van der Waals surface area contributed by atoms with E-state index in [4.69, 9.17) is 0 Å². The van der Waals surface area contributed by atoms with Crippen molar-refractivity contribution in [3.63, 3.8) is 0 Å². The van der Waals surface area contributed by atoms with Crippen LogP contribution < -0.4 is 0 Å². The molecule has 0 spiro atoms. The Labute approximate surface area is 147 Å². The van der Waals surface area contributed by atoms with Crippen LogP contribution in [0.15, 0.2) is 23.9 Å². The van der Waals surface area contributed by atoms with E-state index in [1.807, 2.05) is 0 Å². The van der Waals surface area contributed by atoms with Crippen LogP contribution in [0, 0.1) is 0 Å². The summed E-state index contributed by atoms with van der Waals surface area (Å²) in [5.41, 5.74) is 1.19. The predicted molar refractivity (Wildman–Crippen MR) is 113 cm³/mol. The molecule has 0 radical (unpaired) electrons. The zero-order chi connectivity index (χ0) is 12.7. The fourth-order valence-electron chi connectivity index (χ4n) is 1.68. The molecule has 2 aliphatic heterocycles. The summed E-state index contributed by atoms with van der Waals surface area (Å²) in [6.07, 6.45) is 10.0. The molecule has 17 heavy (non-hydrogen) atoms. The topological polar surface area (TPSA) is 28.2 Å². The molecule has 7 heteroatoms. The van der Waals surface area contributed by atoms with Crippen LogP contribution >= 0.6 is 74.5 Å². The molecule has 98 valence electrons. The van der Waals surface area contributed by atoms with Crippen molar-refractivity contribution in [1.29, 1.82) is 0 Å². The van der Waals surface area contributed by atoms with E-state index < -0.39 is 2.50 Å². The second-order valence-corrected chi connectivity index (χ2v) is 133. The summed E-state index contributed by atoms with van der Waals surface area (Å²) in [4.78, 5) is 0. The quantitative estimate of drug-likeness (QED) is 0.234. The maximum atomic E-state index is 4.56. The fraction of sp³-hybridized carbons (Fsp3) is 0.600. The summed E-state index contributed by atoms with van der Waals surface area (Å²) in [6, 6.07) is 0.406. The number of rotatable bonds is 1. The first-order valence-electron chi connectivity index (χ1n) is 5.43. The van der Waals surface area contributed by atoms with Crippen molar-refractivity contribution in [2.45, 2.75) is 25.3 Å². The number of hydrogen-bond donors (Lipinski definition) is 0. The Morgan fingerprint density at radius 2 is 1.88 bits per heavy atom. The normalized spacial score (nSPS) is 24.2. The van der Waals surface area contributed by atoms with Crippen LogP contribution in [-0.2, 0) is 0 Å². The summed E-state index contributed by atoms with van der Waals surface area (Å²) in [7, 11) is 0. The van der Waals surface area contributed by atoms with Crippen LogP contribution in [0.2, 0.25) is 0 Å². The van der Waals surface area contributed by atoms with Gasteiger partial charge in [-0.15, -0.1) is 25.2 Å². The minimum absolute atomic E-state index is 0.406. The van der Waals surface area contributed by atoms with E-state index in [0.29, 0.717) is 6.04 Å². The van der Waals surface area contributed by atoms with E-state index in [0.717, 1.165) is 13.1 Å². The SMILES string of the molecule is C1=CC[N-]C(C2CCCC[N-]2)=C1.[I][Sn]([I])([I])[I]. The molecule has 0 aromatic rings. The molecule has 1 unspecified atom stereocenters. The monoisotopic (exact) mass is 790 g/mol. The van der Waals surface area contributed by atoms with Crippen molar-refractivity contribution < 1.29 is 0 Å². The molecule has 0 amide bonds. The third kappa shape index (κ3) is 10.3. The van der Waals surface area contributed by atoms with Crippen molar-refractivity contribution in [2.24, 2.45) is 0 Å². The average Bonchev–Trinajstić information content (AvgIpc) is 2.29. The summed E-state index contributed by atoms with van der Waals surface area (Å²) >= 11 is 10.2. The molecule has 0 N–H and O–H groups in total. The zero-order valence-corrected chi connectivity index (χ0v) is 20.7. The van der Waals surface area contributed by atoms with Crippen molar-refractivity contribution in [2.75, 3.05) is 13.1 Å². The van der Waals surface area contributed by atoms with Gasteiger partial charge in [-0.05, 0) is 0 Å². The van der Waals surface area contributed by atoms with Crippen LogP contribution in [0.25, 0.3) is 10.6 Å². The van der Waals surface area contributed by atoms with Gasteiger partial charge in [0.15, 0.2) is 0 Å².